The Morgan fingerprint density at radius 2 is 1.92 bits per heavy atom. The van der Waals surface area contributed by atoms with Crippen molar-refractivity contribution < 1.29 is 36.3 Å². The molecule has 1 aromatic carbocycles. The summed E-state index contributed by atoms with van der Waals surface area (Å²) in [5.74, 6) is -2.66. The average molecular weight is 223 g/mol. The third-order valence-electron chi connectivity index (χ3n) is 1.35. The van der Waals surface area contributed by atoms with E-state index in [0.717, 1.165) is 12.1 Å². The topological polar surface area (TPSA) is 80.3 Å². The van der Waals surface area contributed by atoms with Crippen molar-refractivity contribution in [2.45, 2.75) is 0 Å². The molecule has 1 rings (SSSR count). The van der Waals surface area contributed by atoms with E-state index < -0.39 is 17.3 Å². The van der Waals surface area contributed by atoms with Crippen molar-refractivity contribution in [3.05, 3.63) is 23.8 Å². The molecule has 70 valence electrons. The van der Waals surface area contributed by atoms with E-state index in [1.807, 2.05) is 0 Å². The van der Waals surface area contributed by atoms with E-state index in [1.165, 1.54) is 6.07 Å². The summed E-state index contributed by atoms with van der Waals surface area (Å²) in [6.45, 7) is 0. The molecule has 0 atom stereocenters. The number of para-hydroxylation sites is 1. The van der Waals surface area contributed by atoms with Crippen LogP contribution in [0.2, 0.25) is 0 Å². The molecule has 0 heterocycles. The number of Topliss-reactive ketones (excluding diaryl/α,β-unsaturated/α-hetero) is 1. The third kappa shape index (κ3) is 2.29. The summed E-state index contributed by atoms with van der Waals surface area (Å²) < 4.78 is 0. The molecule has 0 saturated heterocycles. The van der Waals surface area contributed by atoms with Gasteiger partial charge in [0.25, 0.3) is 0 Å². The number of aldehydes is 1. The standard InChI is InChI=1S/C8H6O4.Ni/c9-4-7(11)5-2-1-3-6(10)8(5)12;/h1-4,10,12H;/q;+2/p-2. The maximum atomic E-state index is 10.9. The van der Waals surface area contributed by atoms with Crippen molar-refractivity contribution in [2.75, 3.05) is 0 Å². The van der Waals surface area contributed by atoms with Gasteiger partial charge in [0.2, 0.25) is 5.78 Å². The van der Waals surface area contributed by atoms with Gasteiger partial charge in [-0.3, -0.25) is 9.59 Å². The normalized spacial score (nSPS) is 8.62. The molecule has 13 heavy (non-hydrogen) atoms. The van der Waals surface area contributed by atoms with E-state index in [9.17, 15) is 19.8 Å². The van der Waals surface area contributed by atoms with Crippen molar-refractivity contribution >= 4 is 12.1 Å². The van der Waals surface area contributed by atoms with Crippen LogP contribution in [0.25, 0.3) is 0 Å². The van der Waals surface area contributed by atoms with Crippen molar-refractivity contribution in [1.82, 2.24) is 0 Å². The molecule has 1 aromatic rings. The molecule has 4 nitrogen and oxygen atoms in total. The molecule has 0 fully saturated rings. The fraction of sp³-hybridized carbons (Fsp3) is 0. The van der Waals surface area contributed by atoms with E-state index in [-0.39, 0.29) is 28.3 Å². The fourth-order valence-corrected chi connectivity index (χ4v) is 0.773. The number of carbonyl (C=O) groups excluding carboxylic acids is 2. The SMILES string of the molecule is O=CC(=O)c1cccc([O-])c1[O-].[Ni+2]. The zero-order chi connectivity index (χ0) is 9.14. The first kappa shape index (κ1) is 11.7. The van der Waals surface area contributed by atoms with Crippen LogP contribution < -0.4 is 10.2 Å². The summed E-state index contributed by atoms with van der Waals surface area (Å²) in [5.41, 5.74) is -0.363. The van der Waals surface area contributed by atoms with Crippen LogP contribution in [-0.2, 0) is 21.3 Å². The van der Waals surface area contributed by atoms with Crippen LogP contribution in [0.15, 0.2) is 18.2 Å². The summed E-state index contributed by atoms with van der Waals surface area (Å²) in [6.07, 6.45) is 0.0101. The van der Waals surface area contributed by atoms with E-state index in [1.54, 1.807) is 0 Å². The number of rotatable bonds is 2. The first-order chi connectivity index (χ1) is 5.66. The molecule has 0 bridgehead atoms. The fourth-order valence-electron chi connectivity index (χ4n) is 0.773. The minimum atomic E-state index is -0.960. The Kier molecular flexibility index (Phi) is 4.14. The summed E-state index contributed by atoms with van der Waals surface area (Å²) in [7, 11) is 0. The van der Waals surface area contributed by atoms with E-state index in [2.05, 4.69) is 0 Å². The van der Waals surface area contributed by atoms with Crippen LogP contribution in [0.3, 0.4) is 0 Å². The molecule has 0 spiro atoms. The molecule has 0 amide bonds. The largest absolute Gasteiger partial charge is 2.00 e. The van der Waals surface area contributed by atoms with Gasteiger partial charge in [-0.05, 0) is 0 Å². The second-order valence-electron chi connectivity index (χ2n) is 2.11. The molecule has 0 aliphatic carbocycles. The maximum Gasteiger partial charge on any atom is 2.00 e. The average Bonchev–Trinajstić information content (AvgIpc) is 2.08. The predicted octanol–water partition coefficient (Wildman–Crippen LogP) is -0.787. The third-order valence-corrected chi connectivity index (χ3v) is 1.35. The number of ketones is 1. The molecule has 0 saturated carbocycles. The molecule has 5 heteroatoms. The van der Waals surface area contributed by atoms with Gasteiger partial charge in [-0.15, -0.1) is 11.5 Å². The van der Waals surface area contributed by atoms with Crippen molar-refractivity contribution in [1.29, 1.82) is 0 Å². The minimum Gasteiger partial charge on any atom is -0.873 e. The van der Waals surface area contributed by atoms with Crippen LogP contribution in [0.1, 0.15) is 10.4 Å². The molecule has 0 aliphatic heterocycles. The summed E-state index contributed by atoms with van der Waals surface area (Å²) in [4.78, 5) is 20.7. The van der Waals surface area contributed by atoms with Gasteiger partial charge < -0.3 is 10.2 Å². The molecular formula is C8H4NiO4. The molecule has 0 unspecified atom stereocenters. The Hall–Kier alpha value is -1.35. The van der Waals surface area contributed by atoms with Gasteiger partial charge in [-0.25, -0.2) is 0 Å². The first-order valence-electron chi connectivity index (χ1n) is 3.13. The van der Waals surface area contributed by atoms with Gasteiger partial charge in [0, 0.05) is 5.56 Å². The molecular weight excluding hydrogens is 219 g/mol. The molecule has 0 radical (unpaired) electrons. The van der Waals surface area contributed by atoms with Crippen LogP contribution in [0, 0.1) is 0 Å². The van der Waals surface area contributed by atoms with Crippen LogP contribution in [0.5, 0.6) is 11.5 Å². The zero-order valence-corrected chi connectivity index (χ0v) is 7.25. The minimum absolute atomic E-state index is 0. The quantitative estimate of drug-likeness (QED) is 0.284. The Bertz CT molecular complexity index is 335. The van der Waals surface area contributed by atoms with Gasteiger partial charge in [0.05, 0.1) is 0 Å². The molecule has 0 aromatic heterocycles. The number of hydrogen-bond donors (Lipinski definition) is 0. The van der Waals surface area contributed by atoms with Gasteiger partial charge in [0.15, 0.2) is 6.29 Å². The van der Waals surface area contributed by atoms with E-state index in [4.69, 9.17) is 0 Å². The predicted molar refractivity (Wildman–Crippen MR) is 35.7 cm³/mol. The molecule has 0 N–H and O–H groups in total. The Labute approximate surface area is 84.1 Å². The monoisotopic (exact) mass is 222 g/mol. The summed E-state index contributed by atoms with van der Waals surface area (Å²) in [6, 6.07) is 3.46. The van der Waals surface area contributed by atoms with Crippen molar-refractivity contribution in [2.24, 2.45) is 0 Å². The Morgan fingerprint density at radius 1 is 1.31 bits per heavy atom. The van der Waals surface area contributed by atoms with Crippen LogP contribution >= 0.6 is 0 Å². The second-order valence-corrected chi connectivity index (χ2v) is 2.11. The molecule has 0 aliphatic rings. The second kappa shape index (κ2) is 4.62. The van der Waals surface area contributed by atoms with Crippen LogP contribution in [0.4, 0.5) is 0 Å². The summed E-state index contributed by atoms with van der Waals surface area (Å²) in [5, 5.41) is 21.6. The van der Waals surface area contributed by atoms with Crippen molar-refractivity contribution in [3.63, 3.8) is 0 Å². The van der Waals surface area contributed by atoms with Crippen molar-refractivity contribution in [3.8, 4) is 11.5 Å². The van der Waals surface area contributed by atoms with E-state index >= 15 is 0 Å². The first-order valence-corrected chi connectivity index (χ1v) is 3.13. The summed E-state index contributed by atoms with van der Waals surface area (Å²) >= 11 is 0. The van der Waals surface area contributed by atoms with Crippen LogP contribution in [-0.4, -0.2) is 12.1 Å². The maximum absolute atomic E-state index is 10.9. The number of carbonyl (C=O) groups is 2. The van der Waals surface area contributed by atoms with Gasteiger partial charge >= 0.3 is 16.5 Å². The smallest absolute Gasteiger partial charge is 0.873 e. The van der Waals surface area contributed by atoms with E-state index in [0.29, 0.717) is 0 Å². The number of hydrogen-bond acceptors (Lipinski definition) is 4. The van der Waals surface area contributed by atoms with Gasteiger partial charge in [-0.1, -0.05) is 18.2 Å². The number of benzene rings is 1. The Morgan fingerprint density at radius 3 is 2.46 bits per heavy atom. The van der Waals surface area contributed by atoms with Gasteiger partial charge in [0.1, 0.15) is 0 Å². The Balaban J connectivity index is 0.00000144. The van der Waals surface area contributed by atoms with Gasteiger partial charge in [-0.2, -0.15) is 0 Å². The zero-order valence-electron chi connectivity index (χ0n) is 6.26.